The van der Waals surface area contributed by atoms with E-state index in [1.807, 2.05) is 6.07 Å². The number of nitrogens with zero attached hydrogens (tertiary/aromatic N) is 3. The molecule has 1 atom stereocenters. The van der Waals surface area contributed by atoms with Crippen molar-refractivity contribution >= 4 is 11.4 Å². The van der Waals surface area contributed by atoms with Crippen LogP contribution in [-0.2, 0) is 0 Å². The van der Waals surface area contributed by atoms with Crippen molar-refractivity contribution in [1.82, 2.24) is 4.98 Å². The van der Waals surface area contributed by atoms with Gasteiger partial charge in [0.1, 0.15) is 11.5 Å². The van der Waals surface area contributed by atoms with Crippen LogP contribution in [0.4, 0.5) is 15.8 Å². The first kappa shape index (κ1) is 14.4. The van der Waals surface area contributed by atoms with E-state index in [-0.39, 0.29) is 16.9 Å². The third kappa shape index (κ3) is 3.12. The van der Waals surface area contributed by atoms with Gasteiger partial charge in [-0.15, -0.1) is 0 Å². The summed E-state index contributed by atoms with van der Waals surface area (Å²) in [6.45, 7) is 1.68. The lowest BCUT2D eigenvalue weighted by Gasteiger charge is -2.16. The van der Waals surface area contributed by atoms with Crippen LogP contribution in [0.3, 0.4) is 0 Å². The van der Waals surface area contributed by atoms with Gasteiger partial charge in [-0.05, 0) is 25.1 Å². The molecule has 0 radical (unpaired) electrons. The van der Waals surface area contributed by atoms with Crippen LogP contribution in [0.5, 0.6) is 0 Å². The Labute approximate surface area is 120 Å². The lowest BCUT2D eigenvalue weighted by molar-refractivity contribution is -0.384. The summed E-state index contributed by atoms with van der Waals surface area (Å²) in [5.41, 5.74) is 0.539. The number of nitro groups is 1. The number of benzene rings is 1. The zero-order chi connectivity index (χ0) is 15.4. The SMILES string of the molecule is C[C@@H](Nc1ccc(C#N)cc1[N+](=O)[O-])c1ccncc1F. The first-order valence-electron chi connectivity index (χ1n) is 6.07. The standard InChI is InChI=1S/C14H11FN4O2/c1-9(11-4-5-17-8-12(11)15)18-13-3-2-10(7-16)6-14(13)19(20)21/h2-6,8-9,18H,1H3/t9-/m1/s1. The van der Waals surface area contributed by atoms with E-state index in [1.54, 1.807) is 6.92 Å². The molecular formula is C14H11FN4O2. The van der Waals surface area contributed by atoms with Crippen LogP contribution in [0.15, 0.2) is 36.7 Å². The maximum absolute atomic E-state index is 13.6. The number of nitro benzene ring substituents is 1. The van der Waals surface area contributed by atoms with Crippen LogP contribution in [0.1, 0.15) is 24.1 Å². The third-order valence-corrected chi connectivity index (χ3v) is 2.97. The highest BCUT2D eigenvalue weighted by Gasteiger charge is 2.18. The molecule has 0 amide bonds. The van der Waals surface area contributed by atoms with E-state index >= 15 is 0 Å². The fraction of sp³-hybridized carbons (Fsp3) is 0.143. The molecular weight excluding hydrogens is 275 g/mol. The Bertz CT molecular complexity index is 727. The molecule has 7 heteroatoms. The monoisotopic (exact) mass is 286 g/mol. The number of aromatic nitrogens is 1. The van der Waals surface area contributed by atoms with Crippen molar-refractivity contribution in [3.63, 3.8) is 0 Å². The van der Waals surface area contributed by atoms with Crippen molar-refractivity contribution in [3.8, 4) is 6.07 Å². The van der Waals surface area contributed by atoms with E-state index < -0.39 is 16.8 Å². The average molecular weight is 286 g/mol. The predicted octanol–water partition coefficient (Wildman–Crippen LogP) is 3.17. The molecule has 0 aliphatic heterocycles. The number of nitriles is 1. The molecule has 1 heterocycles. The number of hydrogen-bond donors (Lipinski definition) is 1. The van der Waals surface area contributed by atoms with Gasteiger partial charge >= 0.3 is 0 Å². The number of halogens is 1. The minimum absolute atomic E-state index is 0.190. The van der Waals surface area contributed by atoms with Gasteiger partial charge in [0.05, 0.1) is 28.8 Å². The molecule has 6 nitrogen and oxygen atoms in total. The quantitative estimate of drug-likeness (QED) is 0.688. The second-order valence-corrected chi connectivity index (χ2v) is 4.36. The van der Waals surface area contributed by atoms with E-state index in [1.165, 1.54) is 30.5 Å². The van der Waals surface area contributed by atoms with Gasteiger partial charge in [0.25, 0.3) is 5.69 Å². The largest absolute Gasteiger partial charge is 0.373 e. The Morgan fingerprint density at radius 3 is 2.86 bits per heavy atom. The molecule has 1 aromatic carbocycles. The normalized spacial score (nSPS) is 11.5. The summed E-state index contributed by atoms with van der Waals surface area (Å²) in [5.74, 6) is -0.492. The van der Waals surface area contributed by atoms with Crippen molar-refractivity contribution in [1.29, 1.82) is 5.26 Å². The van der Waals surface area contributed by atoms with E-state index in [2.05, 4.69) is 10.3 Å². The third-order valence-electron chi connectivity index (χ3n) is 2.97. The smallest absolute Gasteiger partial charge is 0.293 e. The Hall–Kier alpha value is -3.01. The maximum atomic E-state index is 13.6. The van der Waals surface area contributed by atoms with Gasteiger partial charge < -0.3 is 5.32 Å². The lowest BCUT2D eigenvalue weighted by atomic mass is 10.1. The Morgan fingerprint density at radius 2 is 2.24 bits per heavy atom. The highest BCUT2D eigenvalue weighted by molar-refractivity contribution is 5.64. The van der Waals surface area contributed by atoms with Crippen molar-refractivity contribution in [2.75, 3.05) is 5.32 Å². The molecule has 0 fully saturated rings. The van der Waals surface area contributed by atoms with Crippen LogP contribution in [-0.4, -0.2) is 9.91 Å². The molecule has 0 unspecified atom stereocenters. The number of nitrogens with one attached hydrogen (secondary N) is 1. The minimum Gasteiger partial charge on any atom is -0.373 e. The zero-order valence-electron chi connectivity index (χ0n) is 11.1. The van der Waals surface area contributed by atoms with Gasteiger partial charge in [0.15, 0.2) is 0 Å². The van der Waals surface area contributed by atoms with E-state index in [0.717, 1.165) is 6.20 Å². The molecule has 2 aromatic rings. The zero-order valence-corrected chi connectivity index (χ0v) is 11.1. The first-order valence-corrected chi connectivity index (χ1v) is 6.07. The molecule has 0 saturated carbocycles. The van der Waals surface area contributed by atoms with Gasteiger partial charge in [-0.1, -0.05) is 0 Å². The summed E-state index contributed by atoms with van der Waals surface area (Å²) in [5, 5.41) is 22.7. The minimum atomic E-state index is -0.585. The topological polar surface area (TPSA) is 91.8 Å². The van der Waals surface area contributed by atoms with Gasteiger partial charge in [-0.25, -0.2) is 4.39 Å². The molecule has 0 aliphatic rings. The summed E-state index contributed by atoms with van der Waals surface area (Å²) in [4.78, 5) is 14.1. The average Bonchev–Trinajstić information content (AvgIpc) is 2.47. The summed E-state index contributed by atoms with van der Waals surface area (Å²) in [6.07, 6.45) is 2.53. The van der Waals surface area contributed by atoms with Crippen LogP contribution >= 0.6 is 0 Å². The van der Waals surface area contributed by atoms with Crippen molar-refractivity contribution < 1.29 is 9.31 Å². The number of rotatable bonds is 4. The molecule has 0 saturated heterocycles. The molecule has 0 spiro atoms. The Balaban J connectivity index is 2.34. The molecule has 106 valence electrons. The predicted molar refractivity (Wildman–Crippen MR) is 74.0 cm³/mol. The van der Waals surface area contributed by atoms with Crippen molar-refractivity contribution in [2.24, 2.45) is 0 Å². The van der Waals surface area contributed by atoms with Crippen LogP contribution < -0.4 is 5.32 Å². The first-order chi connectivity index (χ1) is 10.0. The highest BCUT2D eigenvalue weighted by Crippen LogP contribution is 2.29. The summed E-state index contributed by atoms with van der Waals surface area (Å²) < 4.78 is 13.6. The molecule has 21 heavy (non-hydrogen) atoms. The van der Waals surface area contributed by atoms with E-state index in [9.17, 15) is 14.5 Å². The Kier molecular flexibility index (Phi) is 4.09. The van der Waals surface area contributed by atoms with E-state index in [0.29, 0.717) is 5.56 Å². The summed E-state index contributed by atoms with van der Waals surface area (Å²) >= 11 is 0. The second kappa shape index (κ2) is 5.96. The molecule has 1 aromatic heterocycles. The molecule has 0 aliphatic carbocycles. The van der Waals surface area contributed by atoms with Crippen molar-refractivity contribution in [3.05, 3.63) is 63.7 Å². The van der Waals surface area contributed by atoms with E-state index in [4.69, 9.17) is 5.26 Å². The van der Waals surface area contributed by atoms with Gasteiger partial charge in [0.2, 0.25) is 0 Å². The maximum Gasteiger partial charge on any atom is 0.293 e. The molecule has 1 N–H and O–H groups in total. The lowest BCUT2D eigenvalue weighted by Crippen LogP contribution is -2.10. The van der Waals surface area contributed by atoms with Crippen LogP contribution in [0.2, 0.25) is 0 Å². The van der Waals surface area contributed by atoms with Gasteiger partial charge in [-0.3, -0.25) is 15.1 Å². The molecule has 0 bridgehead atoms. The number of anilines is 1. The van der Waals surface area contributed by atoms with Crippen LogP contribution in [0.25, 0.3) is 0 Å². The fourth-order valence-electron chi connectivity index (χ4n) is 1.92. The molecule has 2 rings (SSSR count). The van der Waals surface area contributed by atoms with Crippen molar-refractivity contribution in [2.45, 2.75) is 13.0 Å². The van der Waals surface area contributed by atoms with Gasteiger partial charge in [-0.2, -0.15) is 5.26 Å². The highest BCUT2D eigenvalue weighted by atomic mass is 19.1. The number of pyridine rings is 1. The summed E-state index contributed by atoms with van der Waals surface area (Å²) in [6, 6.07) is 6.94. The fourth-order valence-corrected chi connectivity index (χ4v) is 1.92. The second-order valence-electron chi connectivity index (χ2n) is 4.36. The summed E-state index contributed by atoms with van der Waals surface area (Å²) in [7, 11) is 0. The Morgan fingerprint density at radius 1 is 1.48 bits per heavy atom. The van der Waals surface area contributed by atoms with Crippen LogP contribution in [0, 0.1) is 27.3 Å². The van der Waals surface area contributed by atoms with Gasteiger partial charge in [0, 0.05) is 17.8 Å². The number of hydrogen-bond acceptors (Lipinski definition) is 5.